The van der Waals surface area contributed by atoms with E-state index in [2.05, 4.69) is 4.98 Å². The number of hydrogen-bond donors (Lipinski definition) is 0. The lowest BCUT2D eigenvalue weighted by Crippen LogP contribution is -2.30. The smallest absolute Gasteiger partial charge is 0.268 e. The maximum Gasteiger partial charge on any atom is 0.268 e. The molecule has 0 atom stereocenters. The average molecular weight is 425 g/mol. The summed E-state index contributed by atoms with van der Waals surface area (Å²) in [4.78, 5) is 32.6. The van der Waals surface area contributed by atoms with Crippen LogP contribution in [0.3, 0.4) is 0 Å². The molecule has 2 heterocycles. The van der Waals surface area contributed by atoms with Gasteiger partial charge in [0.2, 0.25) is 0 Å². The van der Waals surface area contributed by atoms with E-state index in [9.17, 15) is 14.0 Å². The maximum atomic E-state index is 13.4. The summed E-state index contributed by atoms with van der Waals surface area (Å²) in [6.07, 6.45) is 3.24. The van der Waals surface area contributed by atoms with Crippen LogP contribution < -0.4 is 0 Å². The molecule has 4 nitrogen and oxygen atoms in total. The lowest BCUT2D eigenvalue weighted by atomic mass is 10.1. The molecule has 0 fully saturated rings. The van der Waals surface area contributed by atoms with Crippen LogP contribution in [0, 0.1) is 5.82 Å². The molecule has 1 aliphatic heterocycles. The molecule has 1 aromatic heterocycles. The van der Waals surface area contributed by atoms with Gasteiger partial charge in [-0.1, -0.05) is 41.6 Å². The third-order valence-electron chi connectivity index (χ3n) is 4.36. The second-order valence-corrected chi connectivity index (χ2v) is 7.84. The van der Waals surface area contributed by atoms with Crippen LogP contribution in [0.25, 0.3) is 5.57 Å². The number of thioether (sulfide) groups is 1. The molecule has 0 unspecified atom stereocenters. The van der Waals surface area contributed by atoms with E-state index >= 15 is 0 Å². The third-order valence-corrected chi connectivity index (χ3v) is 5.70. The minimum Gasteiger partial charge on any atom is -0.269 e. The molecule has 29 heavy (non-hydrogen) atoms. The number of carbonyl (C=O) groups excluding carboxylic acids is 2. The first-order chi connectivity index (χ1) is 14.0. The average Bonchev–Trinajstić information content (AvgIpc) is 2.95. The summed E-state index contributed by atoms with van der Waals surface area (Å²) in [6.45, 7) is 0.112. The summed E-state index contributed by atoms with van der Waals surface area (Å²) >= 11 is 7.13. The molecule has 1 aliphatic rings. The van der Waals surface area contributed by atoms with Crippen LogP contribution in [0.5, 0.6) is 0 Å². The molecule has 144 valence electrons. The summed E-state index contributed by atoms with van der Waals surface area (Å²) in [5.74, 6) is -1.22. The molecule has 7 heteroatoms. The van der Waals surface area contributed by atoms with Crippen molar-refractivity contribution < 1.29 is 14.0 Å². The minimum atomic E-state index is -0.415. The Labute approximate surface area is 176 Å². The Morgan fingerprint density at radius 2 is 1.69 bits per heavy atom. The zero-order valence-corrected chi connectivity index (χ0v) is 16.6. The third kappa shape index (κ3) is 4.09. The van der Waals surface area contributed by atoms with Crippen LogP contribution in [0.1, 0.15) is 11.1 Å². The monoisotopic (exact) mass is 424 g/mol. The van der Waals surface area contributed by atoms with Crippen molar-refractivity contribution in [2.24, 2.45) is 0 Å². The molecule has 0 bridgehead atoms. The number of rotatable bonds is 5. The molecule has 0 N–H and O–H groups in total. The maximum absolute atomic E-state index is 13.4. The van der Waals surface area contributed by atoms with E-state index in [4.69, 9.17) is 11.6 Å². The van der Waals surface area contributed by atoms with E-state index in [1.165, 1.54) is 40.9 Å². The number of imide groups is 1. The molecule has 0 spiro atoms. The Morgan fingerprint density at radius 3 is 2.34 bits per heavy atom. The first-order valence-corrected chi connectivity index (χ1v) is 9.91. The van der Waals surface area contributed by atoms with E-state index < -0.39 is 17.6 Å². The highest BCUT2D eigenvalue weighted by Crippen LogP contribution is 2.40. The van der Waals surface area contributed by atoms with E-state index in [0.717, 1.165) is 10.5 Å². The number of carbonyl (C=O) groups is 2. The Hall–Kier alpha value is -2.96. The first-order valence-electron chi connectivity index (χ1n) is 8.71. The number of hydrogen-bond acceptors (Lipinski definition) is 4. The molecule has 0 radical (unpaired) electrons. The number of amides is 2. The van der Waals surface area contributed by atoms with Crippen LogP contribution >= 0.6 is 23.4 Å². The van der Waals surface area contributed by atoms with E-state index in [-0.39, 0.29) is 12.1 Å². The predicted molar refractivity (Wildman–Crippen MR) is 110 cm³/mol. The highest BCUT2D eigenvalue weighted by molar-refractivity contribution is 8.04. The molecule has 2 aromatic carbocycles. The molecule has 3 aromatic rings. The van der Waals surface area contributed by atoms with Crippen molar-refractivity contribution >= 4 is 40.8 Å². The normalized spacial score (nSPS) is 14.1. The fourth-order valence-electron chi connectivity index (χ4n) is 2.96. The zero-order chi connectivity index (χ0) is 20.4. The number of halogens is 2. The van der Waals surface area contributed by atoms with Crippen LogP contribution in [-0.2, 0) is 16.1 Å². The SMILES string of the molecule is O=C1C(Sc2ccc(Cl)cc2)=C(c2ccc(F)cc2)C(=O)N1Cc1cccnc1. The van der Waals surface area contributed by atoms with Gasteiger partial charge in [-0.15, -0.1) is 0 Å². The van der Waals surface area contributed by atoms with Crippen molar-refractivity contribution in [1.82, 2.24) is 9.88 Å². The Morgan fingerprint density at radius 1 is 0.966 bits per heavy atom. The molecule has 4 rings (SSSR count). The van der Waals surface area contributed by atoms with Crippen LogP contribution in [0.15, 0.2) is 82.9 Å². The summed E-state index contributed by atoms with van der Waals surface area (Å²) in [5, 5.41) is 0.578. The summed E-state index contributed by atoms with van der Waals surface area (Å²) in [5.41, 5.74) is 1.50. The predicted octanol–water partition coefficient (Wildman–Crippen LogP) is 4.95. The zero-order valence-electron chi connectivity index (χ0n) is 15.0. The van der Waals surface area contributed by atoms with Crippen molar-refractivity contribution in [2.75, 3.05) is 0 Å². The van der Waals surface area contributed by atoms with E-state index in [1.54, 1.807) is 48.8 Å². The molecule has 2 amide bonds. The van der Waals surface area contributed by atoms with Gasteiger partial charge in [-0.3, -0.25) is 19.5 Å². The van der Waals surface area contributed by atoms with Gasteiger partial charge in [0.1, 0.15) is 5.82 Å². The Balaban J connectivity index is 1.74. The van der Waals surface area contributed by atoms with Gasteiger partial charge < -0.3 is 0 Å². The molecule has 0 saturated heterocycles. The van der Waals surface area contributed by atoms with Gasteiger partial charge in [-0.25, -0.2) is 4.39 Å². The molecular weight excluding hydrogens is 411 g/mol. The lowest BCUT2D eigenvalue weighted by molar-refractivity contribution is -0.137. The van der Waals surface area contributed by atoms with Crippen molar-refractivity contribution in [3.05, 3.63) is 99.9 Å². The topological polar surface area (TPSA) is 50.3 Å². The fraction of sp³-hybridized carbons (Fsp3) is 0.0455. The van der Waals surface area contributed by atoms with Crippen LogP contribution in [0.2, 0.25) is 5.02 Å². The number of aromatic nitrogens is 1. The standard InChI is InChI=1S/C22H14ClFN2O2S/c23-16-5-9-18(10-6-16)29-20-19(15-3-7-17(24)8-4-15)21(27)26(22(20)28)13-14-2-1-11-25-12-14/h1-12H,13H2. The van der Waals surface area contributed by atoms with Gasteiger partial charge in [0.15, 0.2) is 0 Å². The largest absolute Gasteiger partial charge is 0.269 e. The van der Waals surface area contributed by atoms with Gasteiger partial charge in [-0.2, -0.15) is 0 Å². The van der Waals surface area contributed by atoms with Crippen molar-refractivity contribution in [3.63, 3.8) is 0 Å². The summed E-state index contributed by atoms with van der Waals surface area (Å²) in [6, 6.07) is 16.1. The number of benzene rings is 2. The number of pyridine rings is 1. The van der Waals surface area contributed by atoms with Gasteiger partial charge in [0.25, 0.3) is 11.8 Å². The summed E-state index contributed by atoms with van der Waals surface area (Å²) in [7, 11) is 0. The molecule has 0 saturated carbocycles. The summed E-state index contributed by atoms with van der Waals surface area (Å²) < 4.78 is 13.4. The van der Waals surface area contributed by atoms with Crippen molar-refractivity contribution in [1.29, 1.82) is 0 Å². The van der Waals surface area contributed by atoms with Crippen LogP contribution in [0.4, 0.5) is 4.39 Å². The van der Waals surface area contributed by atoms with Crippen molar-refractivity contribution in [2.45, 2.75) is 11.4 Å². The van der Waals surface area contributed by atoms with E-state index in [0.29, 0.717) is 15.5 Å². The lowest BCUT2D eigenvalue weighted by Gasteiger charge is -2.15. The highest BCUT2D eigenvalue weighted by Gasteiger charge is 2.39. The van der Waals surface area contributed by atoms with E-state index in [1.807, 2.05) is 0 Å². The molecule has 0 aliphatic carbocycles. The van der Waals surface area contributed by atoms with Gasteiger partial charge in [-0.05, 0) is 53.6 Å². The van der Waals surface area contributed by atoms with Gasteiger partial charge in [0.05, 0.1) is 17.0 Å². The second-order valence-electron chi connectivity index (χ2n) is 6.32. The van der Waals surface area contributed by atoms with Crippen LogP contribution in [-0.4, -0.2) is 21.7 Å². The van der Waals surface area contributed by atoms with Gasteiger partial charge >= 0.3 is 0 Å². The first kappa shape index (κ1) is 19.4. The second kappa shape index (κ2) is 8.19. The molecular formula is C22H14ClFN2O2S. The highest BCUT2D eigenvalue weighted by atomic mass is 35.5. The Bertz CT molecular complexity index is 1100. The number of nitrogens with zero attached hydrogens (tertiary/aromatic N) is 2. The Kier molecular flexibility index (Phi) is 5.47. The minimum absolute atomic E-state index is 0.112. The van der Waals surface area contributed by atoms with Gasteiger partial charge in [0, 0.05) is 22.3 Å². The van der Waals surface area contributed by atoms with Crippen molar-refractivity contribution in [3.8, 4) is 0 Å². The quantitative estimate of drug-likeness (QED) is 0.544. The fourth-order valence-corrected chi connectivity index (χ4v) is 4.10.